The molecule has 0 spiro atoms. The number of hydrogen-bond acceptors (Lipinski definition) is 1. The second-order valence-corrected chi connectivity index (χ2v) is 2.73. The summed E-state index contributed by atoms with van der Waals surface area (Å²) in [5.41, 5.74) is 0. The summed E-state index contributed by atoms with van der Waals surface area (Å²) in [6, 6.07) is 1.41. The van der Waals surface area contributed by atoms with Gasteiger partial charge in [-0.25, -0.2) is 0 Å². The van der Waals surface area contributed by atoms with E-state index in [2.05, 4.69) is 24.5 Å². The highest BCUT2D eigenvalue weighted by Gasteiger charge is 2.14. The van der Waals surface area contributed by atoms with Crippen molar-refractivity contribution in [1.82, 2.24) is 5.32 Å². The third-order valence-electron chi connectivity index (χ3n) is 1.61. The van der Waals surface area contributed by atoms with Crippen LogP contribution < -0.4 is 10.6 Å². The van der Waals surface area contributed by atoms with Crippen molar-refractivity contribution in [3.63, 3.8) is 0 Å². The van der Waals surface area contributed by atoms with Gasteiger partial charge in [0.05, 0.1) is 25.2 Å². The summed E-state index contributed by atoms with van der Waals surface area (Å²) in [5.74, 6) is 0. The van der Waals surface area contributed by atoms with E-state index in [1.165, 1.54) is 13.1 Å². The van der Waals surface area contributed by atoms with Gasteiger partial charge in [-0.05, 0) is 13.8 Å². The van der Waals surface area contributed by atoms with Gasteiger partial charge in [-0.1, -0.05) is 0 Å². The lowest BCUT2D eigenvalue weighted by atomic mass is 10.2. The fourth-order valence-corrected chi connectivity index (χ4v) is 1.22. The van der Waals surface area contributed by atoms with Crippen molar-refractivity contribution < 1.29 is 5.32 Å². The molecule has 0 aromatic heterocycles. The molecule has 48 valence electrons. The van der Waals surface area contributed by atoms with Crippen LogP contribution in [0.15, 0.2) is 0 Å². The molecule has 0 aromatic rings. The molecule has 1 aliphatic rings. The molecule has 0 saturated carbocycles. The van der Waals surface area contributed by atoms with E-state index in [-0.39, 0.29) is 0 Å². The molecule has 8 heavy (non-hydrogen) atoms. The molecule has 2 nitrogen and oxygen atoms in total. The van der Waals surface area contributed by atoms with Crippen LogP contribution in [0.3, 0.4) is 0 Å². The number of nitrogens with one attached hydrogen (secondary N) is 1. The van der Waals surface area contributed by atoms with Crippen LogP contribution in [0, 0.1) is 0 Å². The van der Waals surface area contributed by atoms with Gasteiger partial charge >= 0.3 is 0 Å². The van der Waals surface area contributed by atoms with Gasteiger partial charge < -0.3 is 10.6 Å². The molecule has 1 fully saturated rings. The van der Waals surface area contributed by atoms with E-state index in [1.54, 1.807) is 0 Å². The maximum atomic E-state index is 3.45. The van der Waals surface area contributed by atoms with Crippen LogP contribution in [-0.4, -0.2) is 25.2 Å². The van der Waals surface area contributed by atoms with Gasteiger partial charge in [-0.3, -0.25) is 0 Å². The number of piperazine rings is 1. The van der Waals surface area contributed by atoms with Crippen molar-refractivity contribution >= 4 is 0 Å². The highest BCUT2D eigenvalue weighted by atomic mass is 15.1. The van der Waals surface area contributed by atoms with Crippen LogP contribution in [0.5, 0.6) is 0 Å². The van der Waals surface area contributed by atoms with Crippen molar-refractivity contribution in [2.75, 3.05) is 13.1 Å². The molecule has 2 atom stereocenters. The Kier molecular flexibility index (Phi) is 1.86. The predicted octanol–water partition coefficient (Wildman–Crippen LogP) is -1.07. The zero-order chi connectivity index (χ0) is 5.98. The minimum absolute atomic E-state index is 0.707. The highest BCUT2D eigenvalue weighted by Crippen LogP contribution is 1.84. The Morgan fingerprint density at radius 1 is 1.25 bits per heavy atom. The molecule has 0 unspecified atom stereocenters. The van der Waals surface area contributed by atoms with Crippen molar-refractivity contribution in [2.45, 2.75) is 25.9 Å². The maximum Gasteiger partial charge on any atom is 0.0909 e. The average Bonchev–Trinajstić information content (AvgIpc) is 1.64. The first kappa shape index (κ1) is 6.05. The summed E-state index contributed by atoms with van der Waals surface area (Å²) in [7, 11) is 0. The highest BCUT2D eigenvalue weighted by molar-refractivity contribution is 4.67. The normalized spacial score (nSPS) is 39.8. The van der Waals surface area contributed by atoms with Gasteiger partial charge in [0.15, 0.2) is 0 Å². The summed E-state index contributed by atoms with van der Waals surface area (Å²) in [6.45, 7) is 6.94. The summed E-state index contributed by atoms with van der Waals surface area (Å²) in [5, 5.41) is 5.81. The Morgan fingerprint density at radius 3 is 2.00 bits per heavy atom. The van der Waals surface area contributed by atoms with E-state index in [0.717, 1.165) is 0 Å². The van der Waals surface area contributed by atoms with Gasteiger partial charge in [0.2, 0.25) is 0 Å². The van der Waals surface area contributed by atoms with E-state index in [0.29, 0.717) is 12.1 Å². The van der Waals surface area contributed by atoms with E-state index >= 15 is 0 Å². The zero-order valence-electron chi connectivity index (χ0n) is 5.65. The van der Waals surface area contributed by atoms with Gasteiger partial charge in [-0.15, -0.1) is 0 Å². The van der Waals surface area contributed by atoms with Crippen molar-refractivity contribution in [3.8, 4) is 0 Å². The lowest BCUT2D eigenvalue weighted by molar-refractivity contribution is -0.666. The molecule has 1 rings (SSSR count). The number of quaternary nitrogens is 1. The first-order valence-corrected chi connectivity index (χ1v) is 3.37. The van der Waals surface area contributed by atoms with Crippen LogP contribution in [0.4, 0.5) is 0 Å². The van der Waals surface area contributed by atoms with Crippen LogP contribution >= 0.6 is 0 Å². The zero-order valence-corrected chi connectivity index (χ0v) is 5.65. The smallest absolute Gasteiger partial charge is 0.0909 e. The van der Waals surface area contributed by atoms with Gasteiger partial charge in [0, 0.05) is 0 Å². The first-order chi connectivity index (χ1) is 3.79. The third kappa shape index (κ3) is 1.46. The monoisotopic (exact) mass is 115 g/mol. The Morgan fingerprint density at radius 2 is 1.75 bits per heavy atom. The molecule has 1 saturated heterocycles. The van der Waals surface area contributed by atoms with Crippen molar-refractivity contribution in [1.29, 1.82) is 0 Å². The number of nitrogens with two attached hydrogens (primary N) is 1. The largest absolute Gasteiger partial charge is 0.344 e. The standard InChI is InChI=1S/C6H14N2/c1-5-3-7-4-6(2)8-5/h5-8H,3-4H2,1-2H3/p+1/t5-,6+. The van der Waals surface area contributed by atoms with Crippen LogP contribution in [0.2, 0.25) is 0 Å². The molecule has 1 heterocycles. The minimum Gasteiger partial charge on any atom is -0.344 e. The molecule has 1 aliphatic heterocycles. The molecule has 3 N–H and O–H groups in total. The molecular weight excluding hydrogens is 100 g/mol. The van der Waals surface area contributed by atoms with Crippen LogP contribution in [0.25, 0.3) is 0 Å². The second-order valence-electron chi connectivity index (χ2n) is 2.73. The Hall–Kier alpha value is -0.0800. The fraction of sp³-hybridized carbons (Fsp3) is 1.00. The van der Waals surface area contributed by atoms with E-state index in [9.17, 15) is 0 Å². The van der Waals surface area contributed by atoms with Crippen molar-refractivity contribution in [2.24, 2.45) is 0 Å². The SMILES string of the molecule is C[C@@H]1C[NH2+]C[C@H](C)N1. The van der Waals surface area contributed by atoms with Gasteiger partial charge in [-0.2, -0.15) is 0 Å². The lowest BCUT2D eigenvalue weighted by Crippen LogP contribution is -2.92. The summed E-state index contributed by atoms with van der Waals surface area (Å²) < 4.78 is 0. The van der Waals surface area contributed by atoms with Gasteiger partial charge in [0.1, 0.15) is 0 Å². The average molecular weight is 115 g/mol. The Balaban J connectivity index is 2.23. The Bertz CT molecular complexity index is 64.9. The van der Waals surface area contributed by atoms with Crippen LogP contribution in [0.1, 0.15) is 13.8 Å². The molecule has 2 heteroatoms. The van der Waals surface area contributed by atoms with E-state index < -0.39 is 0 Å². The van der Waals surface area contributed by atoms with Gasteiger partial charge in [0.25, 0.3) is 0 Å². The lowest BCUT2D eigenvalue weighted by Gasteiger charge is -2.23. The molecule has 0 bridgehead atoms. The quantitative estimate of drug-likeness (QED) is 0.413. The minimum atomic E-state index is 0.707. The number of rotatable bonds is 0. The summed E-state index contributed by atoms with van der Waals surface area (Å²) in [4.78, 5) is 0. The molecule has 0 aliphatic carbocycles. The molecule has 0 aromatic carbocycles. The molecule has 0 amide bonds. The Labute approximate surface area is 50.7 Å². The van der Waals surface area contributed by atoms with Crippen molar-refractivity contribution in [3.05, 3.63) is 0 Å². The van der Waals surface area contributed by atoms with E-state index in [1.807, 2.05) is 0 Å². The maximum absolute atomic E-state index is 3.45. The number of hydrogen-bond donors (Lipinski definition) is 2. The topological polar surface area (TPSA) is 28.6 Å². The van der Waals surface area contributed by atoms with Crippen LogP contribution in [-0.2, 0) is 0 Å². The predicted molar refractivity (Wildman–Crippen MR) is 33.7 cm³/mol. The second kappa shape index (κ2) is 2.46. The van der Waals surface area contributed by atoms with E-state index in [4.69, 9.17) is 0 Å². The summed E-state index contributed by atoms with van der Waals surface area (Å²) in [6.07, 6.45) is 0. The molecular formula is C6H15N2+. The fourth-order valence-electron chi connectivity index (χ4n) is 1.22. The summed E-state index contributed by atoms with van der Waals surface area (Å²) >= 11 is 0. The molecule has 0 radical (unpaired) electrons. The first-order valence-electron chi connectivity index (χ1n) is 3.37. The third-order valence-corrected chi connectivity index (χ3v) is 1.61.